The minimum Gasteiger partial charge on any atom is -0.396 e. The normalized spacial score (nSPS) is 9.25. The maximum absolute atomic E-state index is 8.57. The van der Waals surface area contributed by atoms with Gasteiger partial charge >= 0.3 is 0 Å². The molecule has 1 N–H and O–H groups in total. The van der Waals surface area contributed by atoms with Gasteiger partial charge in [-0.25, -0.2) is 0 Å². The maximum Gasteiger partial charge on any atom is 0.0431 e. The quantitative estimate of drug-likeness (QED) is 0.465. The molecule has 1 nitrogen and oxygen atoms in total. The number of rotatable bonds is 9. The minimum atomic E-state index is 0.291. The molecule has 0 aromatic carbocycles. The van der Waals surface area contributed by atoms with Crippen molar-refractivity contribution in [3.8, 4) is 24.2 Å². The number of aliphatic hydroxyl groups is 1. The van der Waals surface area contributed by atoms with Gasteiger partial charge in [-0.2, -0.15) is 0 Å². The zero-order chi connectivity index (χ0) is 11.9. The first kappa shape index (κ1) is 15.1. The van der Waals surface area contributed by atoms with E-state index in [-0.39, 0.29) is 0 Å². The van der Waals surface area contributed by atoms with Gasteiger partial charge in [-0.05, 0) is 25.7 Å². The number of unbranched alkanes of at least 4 members (excludes halogenated alkanes) is 8. The van der Waals surface area contributed by atoms with Gasteiger partial charge in [0.2, 0.25) is 0 Å². The lowest BCUT2D eigenvalue weighted by Gasteiger charge is -1.96. The molecular formula is C15H24O. The van der Waals surface area contributed by atoms with Crippen LogP contribution in [0.3, 0.4) is 0 Å². The molecule has 0 aromatic heterocycles. The van der Waals surface area contributed by atoms with Crippen LogP contribution in [-0.4, -0.2) is 11.7 Å². The molecule has 0 saturated carbocycles. The monoisotopic (exact) mass is 220 g/mol. The summed E-state index contributed by atoms with van der Waals surface area (Å²) in [4.78, 5) is 0. The molecule has 0 amide bonds. The summed E-state index contributed by atoms with van der Waals surface area (Å²) in [5, 5.41) is 8.57. The van der Waals surface area contributed by atoms with E-state index in [1.165, 1.54) is 32.1 Å². The predicted octanol–water partition coefficient (Wildman–Crippen LogP) is 3.52. The second-order valence-electron chi connectivity index (χ2n) is 4.01. The van der Waals surface area contributed by atoms with E-state index in [1.807, 2.05) is 0 Å². The van der Waals surface area contributed by atoms with Gasteiger partial charge in [0.1, 0.15) is 0 Å². The highest BCUT2D eigenvalue weighted by Gasteiger charge is 1.88. The van der Waals surface area contributed by atoms with Crippen LogP contribution >= 0.6 is 0 Å². The summed E-state index contributed by atoms with van der Waals surface area (Å²) in [5.74, 6) is 8.99. The average Bonchev–Trinajstić information content (AvgIpc) is 2.31. The van der Waals surface area contributed by atoms with Gasteiger partial charge in [-0.3, -0.25) is 0 Å². The van der Waals surface area contributed by atoms with Crippen LogP contribution in [0.15, 0.2) is 0 Å². The van der Waals surface area contributed by atoms with Crippen molar-refractivity contribution in [2.24, 2.45) is 0 Å². The smallest absolute Gasteiger partial charge is 0.0431 e. The third kappa shape index (κ3) is 13.1. The zero-order valence-electron chi connectivity index (χ0n) is 10.3. The lowest BCUT2D eigenvalue weighted by molar-refractivity contribution is 0.285. The van der Waals surface area contributed by atoms with Crippen molar-refractivity contribution in [2.75, 3.05) is 6.61 Å². The van der Waals surface area contributed by atoms with Gasteiger partial charge in [0, 0.05) is 25.9 Å². The van der Waals surface area contributed by atoms with Gasteiger partial charge in [-0.1, -0.05) is 19.3 Å². The molecule has 0 radical (unpaired) electrons. The number of terminal acetylenes is 1. The van der Waals surface area contributed by atoms with Gasteiger partial charge < -0.3 is 5.11 Å². The molecule has 1 heteroatoms. The molecule has 0 unspecified atom stereocenters. The van der Waals surface area contributed by atoms with E-state index in [1.54, 1.807) is 0 Å². The molecule has 0 rings (SSSR count). The Labute approximate surface area is 101 Å². The van der Waals surface area contributed by atoms with Crippen molar-refractivity contribution in [3.63, 3.8) is 0 Å². The van der Waals surface area contributed by atoms with E-state index in [0.29, 0.717) is 6.61 Å². The van der Waals surface area contributed by atoms with Crippen LogP contribution in [0.4, 0.5) is 0 Å². The molecule has 0 bridgehead atoms. The predicted molar refractivity (Wildman–Crippen MR) is 69.9 cm³/mol. The number of hydrogen-bond donors (Lipinski definition) is 1. The Morgan fingerprint density at radius 1 is 0.688 bits per heavy atom. The van der Waals surface area contributed by atoms with Crippen LogP contribution in [0.25, 0.3) is 0 Å². The molecule has 0 aliphatic rings. The number of hydrogen-bond acceptors (Lipinski definition) is 1. The molecule has 90 valence electrons. The summed E-state index contributed by atoms with van der Waals surface area (Å²) < 4.78 is 0. The van der Waals surface area contributed by atoms with E-state index in [9.17, 15) is 0 Å². The van der Waals surface area contributed by atoms with Crippen molar-refractivity contribution in [1.29, 1.82) is 0 Å². The first-order valence-corrected chi connectivity index (χ1v) is 6.42. The van der Waals surface area contributed by atoms with Crippen LogP contribution in [-0.2, 0) is 0 Å². The SMILES string of the molecule is C#CCCCCCCCC#CCCCCO. The van der Waals surface area contributed by atoms with E-state index in [4.69, 9.17) is 11.5 Å². The summed E-state index contributed by atoms with van der Waals surface area (Å²) in [7, 11) is 0. The van der Waals surface area contributed by atoms with Gasteiger partial charge in [0.15, 0.2) is 0 Å². The Hall–Kier alpha value is -0.920. The van der Waals surface area contributed by atoms with Crippen molar-refractivity contribution in [2.45, 2.75) is 64.2 Å². The summed E-state index contributed by atoms with van der Waals surface area (Å²) in [6.45, 7) is 0.291. The van der Waals surface area contributed by atoms with E-state index in [2.05, 4.69) is 17.8 Å². The Kier molecular flexibility index (Phi) is 13.3. The Bertz CT molecular complexity index is 226. The first-order valence-electron chi connectivity index (χ1n) is 6.42. The lowest BCUT2D eigenvalue weighted by Crippen LogP contribution is -1.81. The summed E-state index contributed by atoms with van der Waals surface area (Å²) in [6, 6.07) is 0. The Morgan fingerprint density at radius 3 is 1.75 bits per heavy atom. The van der Waals surface area contributed by atoms with Crippen LogP contribution < -0.4 is 0 Å². The first-order chi connectivity index (χ1) is 7.91. The summed E-state index contributed by atoms with van der Waals surface area (Å²) >= 11 is 0. The van der Waals surface area contributed by atoms with Crippen molar-refractivity contribution in [3.05, 3.63) is 0 Å². The molecule has 0 aliphatic heterocycles. The molecular weight excluding hydrogens is 196 g/mol. The summed E-state index contributed by atoms with van der Waals surface area (Å²) in [6.07, 6.45) is 16.2. The standard InChI is InChI=1S/C15H24O/c1-2-3-4-5-6-7-8-9-10-11-12-13-14-15-16/h1,16H,3-9,12-15H2. The van der Waals surface area contributed by atoms with Gasteiger partial charge in [0.05, 0.1) is 0 Å². The molecule has 0 aromatic rings. The fourth-order valence-electron chi connectivity index (χ4n) is 1.47. The van der Waals surface area contributed by atoms with Crippen molar-refractivity contribution in [1.82, 2.24) is 0 Å². The molecule has 16 heavy (non-hydrogen) atoms. The van der Waals surface area contributed by atoms with Gasteiger partial charge in [-0.15, -0.1) is 24.2 Å². The fraction of sp³-hybridized carbons (Fsp3) is 0.733. The molecule has 0 spiro atoms. The minimum absolute atomic E-state index is 0.291. The highest BCUT2D eigenvalue weighted by Crippen LogP contribution is 2.06. The second kappa shape index (κ2) is 14.1. The Morgan fingerprint density at radius 2 is 1.19 bits per heavy atom. The van der Waals surface area contributed by atoms with Crippen LogP contribution in [0.1, 0.15) is 64.2 Å². The molecule has 0 atom stereocenters. The van der Waals surface area contributed by atoms with E-state index in [0.717, 1.165) is 32.1 Å². The summed E-state index contributed by atoms with van der Waals surface area (Å²) in [5.41, 5.74) is 0. The Balaban J connectivity index is 3.05. The molecule has 0 saturated heterocycles. The van der Waals surface area contributed by atoms with Crippen molar-refractivity contribution >= 4 is 0 Å². The molecule has 0 fully saturated rings. The van der Waals surface area contributed by atoms with Gasteiger partial charge in [0.25, 0.3) is 0 Å². The fourth-order valence-corrected chi connectivity index (χ4v) is 1.47. The van der Waals surface area contributed by atoms with Crippen LogP contribution in [0, 0.1) is 24.2 Å². The third-order valence-electron chi connectivity index (χ3n) is 2.46. The highest BCUT2D eigenvalue weighted by atomic mass is 16.2. The lowest BCUT2D eigenvalue weighted by atomic mass is 10.1. The average molecular weight is 220 g/mol. The largest absolute Gasteiger partial charge is 0.396 e. The third-order valence-corrected chi connectivity index (χ3v) is 2.46. The van der Waals surface area contributed by atoms with E-state index >= 15 is 0 Å². The number of aliphatic hydroxyl groups excluding tert-OH is 1. The zero-order valence-corrected chi connectivity index (χ0v) is 10.3. The van der Waals surface area contributed by atoms with Crippen molar-refractivity contribution < 1.29 is 5.11 Å². The van der Waals surface area contributed by atoms with Crippen LogP contribution in [0.2, 0.25) is 0 Å². The van der Waals surface area contributed by atoms with Crippen LogP contribution in [0.5, 0.6) is 0 Å². The molecule has 0 heterocycles. The second-order valence-corrected chi connectivity index (χ2v) is 4.01. The highest BCUT2D eigenvalue weighted by molar-refractivity contribution is 4.98. The van der Waals surface area contributed by atoms with E-state index < -0.39 is 0 Å². The topological polar surface area (TPSA) is 20.2 Å². The maximum atomic E-state index is 8.57. The molecule has 0 aliphatic carbocycles.